The second kappa shape index (κ2) is 10.5. The van der Waals surface area contributed by atoms with Gasteiger partial charge in [-0.2, -0.15) is 9.40 Å². The van der Waals surface area contributed by atoms with Gasteiger partial charge in [-0.25, -0.2) is 8.42 Å². The first-order valence-electron chi connectivity index (χ1n) is 9.53. The van der Waals surface area contributed by atoms with Crippen LogP contribution in [0.3, 0.4) is 0 Å². The molecule has 3 rings (SSSR count). The molecule has 3 heterocycles. The molecule has 0 aromatic carbocycles. The van der Waals surface area contributed by atoms with E-state index in [0.717, 1.165) is 25.9 Å². The van der Waals surface area contributed by atoms with Gasteiger partial charge in [-0.05, 0) is 31.9 Å². The van der Waals surface area contributed by atoms with Crippen LogP contribution in [0, 0.1) is 0 Å². The number of rotatable bonds is 7. The number of methoxy groups -OCH3 is 1. The predicted octanol–water partition coefficient (Wildman–Crippen LogP) is 0.354. The molecule has 9 nitrogen and oxygen atoms in total. The summed E-state index contributed by atoms with van der Waals surface area (Å²) in [5.74, 6) is -0.0526. The number of carbonyl (C=O) groups excluding carboxylic acids is 1. The van der Waals surface area contributed by atoms with Gasteiger partial charge in [-0.3, -0.25) is 9.48 Å². The summed E-state index contributed by atoms with van der Waals surface area (Å²) in [4.78, 5) is 14.4. The van der Waals surface area contributed by atoms with Gasteiger partial charge in [0.05, 0.1) is 11.8 Å². The number of carbonyl (C=O) groups is 1. The zero-order chi connectivity index (χ0) is 19.3. The number of ether oxygens (including phenoxy) is 1. The molecule has 0 radical (unpaired) electrons. The van der Waals surface area contributed by atoms with Crippen molar-refractivity contribution >= 4 is 28.3 Å². The monoisotopic (exact) mass is 435 g/mol. The van der Waals surface area contributed by atoms with Crippen LogP contribution in [0.25, 0.3) is 0 Å². The van der Waals surface area contributed by atoms with Gasteiger partial charge in [-0.1, -0.05) is 0 Å². The Hall–Kier alpha value is -1.20. The van der Waals surface area contributed by atoms with Gasteiger partial charge in [0.1, 0.15) is 5.69 Å². The molecule has 11 heteroatoms. The van der Waals surface area contributed by atoms with E-state index in [9.17, 15) is 13.2 Å². The second-order valence-electron chi connectivity index (χ2n) is 7.03. The maximum absolute atomic E-state index is 12.7. The lowest BCUT2D eigenvalue weighted by Crippen LogP contribution is -2.51. The number of hydrogen-bond donors (Lipinski definition) is 1. The number of piperazine rings is 1. The van der Waals surface area contributed by atoms with Gasteiger partial charge in [-0.15, -0.1) is 12.4 Å². The molecule has 1 atom stereocenters. The van der Waals surface area contributed by atoms with E-state index in [0.29, 0.717) is 44.9 Å². The Morgan fingerprint density at radius 3 is 2.71 bits per heavy atom. The number of amides is 1. The molecule has 28 heavy (non-hydrogen) atoms. The van der Waals surface area contributed by atoms with Crippen LogP contribution in [0.2, 0.25) is 0 Å². The minimum Gasteiger partial charge on any atom is -0.385 e. The van der Waals surface area contributed by atoms with Crippen LogP contribution < -0.4 is 5.32 Å². The third kappa shape index (κ3) is 5.66. The lowest BCUT2D eigenvalue weighted by atomic mass is 10.1. The number of sulfonamides is 1. The summed E-state index contributed by atoms with van der Waals surface area (Å²) in [5, 5.41) is 7.81. The average molecular weight is 436 g/mol. The molecule has 2 aliphatic rings. The number of halogens is 1. The summed E-state index contributed by atoms with van der Waals surface area (Å²) in [6.45, 7) is 3.76. The molecule has 2 fully saturated rings. The van der Waals surface area contributed by atoms with E-state index >= 15 is 0 Å². The van der Waals surface area contributed by atoms with Gasteiger partial charge in [0.15, 0.2) is 0 Å². The largest absolute Gasteiger partial charge is 0.385 e. The van der Waals surface area contributed by atoms with Crippen LogP contribution in [-0.2, 0) is 14.8 Å². The number of nitrogens with one attached hydrogen (secondary N) is 1. The Morgan fingerprint density at radius 1 is 1.32 bits per heavy atom. The van der Waals surface area contributed by atoms with Crippen molar-refractivity contribution < 1.29 is 17.9 Å². The number of piperidine rings is 1. The Bertz CT molecular complexity index is 728. The Balaban J connectivity index is 0.00000280. The number of nitrogens with zero attached hydrogens (tertiary/aromatic N) is 4. The van der Waals surface area contributed by atoms with Crippen LogP contribution in [0.4, 0.5) is 0 Å². The van der Waals surface area contributed by atoms with Crippen molar-refractivity contribution in [3.8, 4) is 0 Å². The highest BCUT2D eigenvalue weighted by Crippen LogP contribution is 2.17. The molecule has 1 amide bonds. The van der Waals surface area contributed by atoms with E-state index in [-0.39, 0.29) is 30.1 Å². The fourth-order valence-corrected chi connectivity index (χ4v) is 5.02. The predicted molar refractivity (Wildman–Crippen MR) is 108 cm³/mol. The standard InChI is InChI=1S/C17H29N5O4S.ClH/c1-26-12-3-13-27(24,25)21-10-8-20(9-11-21)17(23)16-5-7-22(19-16)15-4-2-6-18-14-15;/h5,7,15,18H,2-4,6,8-14H2,1H3;1H. The maximum atomic E-state index is 12.7. The minimum atomic E-state index is -3.29. The molecule has 2 aliphatic heterocycles. The summed E-state index contributed by atoms with van der Waals surface area (Å²) in [5.41, 5.74) is 0.428. The lowest BCUT2D eigenvalue weighted by Gasteiger charge is -2.33. The molecule has 0 bridgehead atoms. The number of aromatic nitrogens is 2. The Morgan fingerprint density at radius 2 is 2.07 bits per heavy atom. The van der Waals surface area contributed by atoms with Crippen molar-refractivity contribution in [2.45, 2.75) is 25.3 Å². The van der Waals surface area contributed by atoms with Gasteiger partial charge in [0.25, 0.3) is 5.91 Å². The van der Waals surface area contributed by atoms with Crippen molar-refractivity contribution in [2.75, 3.05) is 58.7 Å². The summed E-state index contributed by atoms with van der Waals surface area (Å²) in [7, 11) is -1.73. The summed E-state index contributed by atoms with van der Waals surface area (Å²) in [6.07, 6.45) is 4.50. The molecular formula is C17H30ClN5O4S. The highest BCUT2D eigenvalue weighted by Gasteiger charge is 2.30. The third-order valence-corrected chi connectivity index (χ3v) is 7.10. The summed E-state index contributed by atoms with van der Waals surface area (Å²) >= 11 is 0. The highest BCUT2D eigenvalue weighted by molar-refractivity contribution is 7.89. The van der Waals surface area contributed by atoms with Crippen molar-refractivity contribution in [3.05, 3.63) is 18.0 Å². The minimum absolute atomic E-state index is 0. The van der Waals surface area contributed by atoms with Crippen LogP contribution in [0.5, 0.6) is 0 Å². The van der Waals surface area contributed by atoms with Gasteiger partial charge in [0, 0.05) is 52.6 Å². The van der Waals surface area contributed by atoms with Gasteiger partial charge < -0.3 is 15.0 Å². The molecule has 0 spiro atoms. The lowest BCUT2D eigenvalue weighted by molar-refractivity contribution is 0.0690. The molecule has 1 unspecified atom stereocenters. The van der Waals surface area contributed by atoms with E-state index in [1.807, 2.05) is 10.9 Å². The molecule has 0 saturated carbocycles. The average Bonchev–Trinajstić information content (AvgIpc) is 3.18. The van der Waals surface area contributed by atoms with E-state index in [1.54, 1.807) is 18.1 Å². The first-order chi connectivity index (χ1) is 13.0. The molecule has 0 aliphatic carbocycles. The summed E-state index contributed by atoms with van der Waals surface area (Å²) in [6, 6.07) is 2.04. The molecular weight excluding hydrogens is 406 g/mol. The Kier molecular flexibility index (Phi) is 8.69. The zero-order valence-electron chi connectivity index (χ0n) is 16.2. The highest BCUT2D eigenvalue weighted by atomic mass is 35.5. The fraction of sp³-hybridized carbons (Fsp3) is 0.765. The van der Waals surface area contributed by atoms with Gasteiger partial charge in [0.2, 0.25) is 10.0 Å². The smallest absolute Gasteiger partial charge is 0.274 e. The molecule has 2 saturated heterocycles. The van der Waals surface area contributed by atoms with Crippen molar-refractivity contribution in [2.24, 2.45) is 0 Å². The topological polar surface area (TPSA) is 96.8 Å². The summed E-state index contributed by atoms with van der Waals surface area (Å²) < 4.78 is 32.9. The van der Waals surface area contributed by atoms with Crippen LogP contribution in [0.1, 0.15) is 35.8 Å². The third-order valence-electron chi connectivity index (χ3n) is 5.14. The van der Waals surface area contributed by atoms with Crippen LogP contribution in [-0.4, -0.2) is 92.0 Å². The van der Waals surface area contributed by atoms with E-state index in [4.69, 9.17) is 4.74 Å². The van der Waals surface area contributed by atoms with E-state index in [2.05, 4.69) is 10.4 Å². The SMILES string of the molecule is COCCCS(=O)(=O)N1CCN(C(=O)c2ccn(C3CCCNC3)n2)CC1.Cl. The Labute approximate surface area is 172 Å². The van der Waals surface area contributed by atoms with E-state index in [1.165, 1.54) is 4.31 Å². The van der Waals surface area contributed by atoms with Crippen LogP contribution in [0.15, 0.2) is 12.3 Å². The normalized spacial score (nSPS) is 21.3. The second-order valence-corrected chi connectivity index (χ2v) is 9.12. The zero-order valence-corrected chi connectivity index (χ0v) is 17.9. The molecule has 1 aromatic heterocycles. The fourth-order valence-electron chi connectivity index (χ4n) is 3.56. The molecule has 160 valence electrons. The molecule has 1 aromatic rings. The quantitative estimate of drug-likeness (QED) is 0.621. The number of hydrogen-bond acceptors (Lipinski definition) is 6. The van der Waals surface area contributed by atoms with Crippen molar-refractivity contribution in [3.63, 3.8) is 0 Å². The maximum Gasteiger partial charge on any atom is 0.274 e. The van der Waals surface area contributed by atoms with Crippen molar-refractivity contribution in [1.29, 1.82) is 0 Å². The van der Waals surface area contributed by atoms with Crippen molar-refractivity contribution in [1.82, 2.24) is 24.3 Å². The first kappa shape index (κ1) is 23.1. The van der Waals surface area contributed by atoms with E-state index < -0.39 is 10.0 Å². The van der Waals surface area contributed by atoms with Crippen LogP contribution >= 0.6 is 12.4 Å². The molecule has 1 N–H and O–H groups in total. The van der Waals surface area contributed by atoms with Gasteiger partial charge >= 0.3 is 0 Å². The first-order valence-corrected chi connectivity index (χ1v) is 11.1.